The highest BCUT2D eigenvalue weighted by atomic mass is 19.4. The van der Waals surface area contributed by atoms with Gasteiger partial charge >= 0.3 is 6.18 Å². The van der Waals surface area contributed by atoms with Gasteiger partial charge in [-0.25, -0.2) is 13.2 Å². The molecule has 0 unspecified atom stereocenters. The summed E-state index contributed by atoms with van der Waals surface area (Å²) < 4.78 is 78.2. The number of allylic oxidation sites excluding steroid dienone is 2. The number of benzene rings is 1. The van der Waals surface area contributed by atoms with Crippen LogP contribution in [0, 0.1) is 29.4 Å². The standard InChI is InChI=1S/C24H30F6/c25-13-3-1-2-4-16-5-7-17(8-6-16)18-9-11-19(12-10-18)20-14-21(26)23(22(27)15-20)24(28,29)30/h1,3,14-19H,2,4-13H2/b3-1+. The summed E-state index contributed by atoms with van der Waals surface area (Å²) in [6.07, 6.45) is 8.75. The van der Waals surface area contributed by atoms with Crippen molar-refractivity contribution in [3.63, 3.8) is 0 Å². The fourth-order valence-electron chi connectivity index (χ4n) is 5.48. The van der Waals surface area contributed by atoms with Crippen LogP contribution in [0.5, 0.6) is 0 Å². The fourth-order valence-corrected chi connectivity index (χ4v) is 5.48. The molecule has 0 aromatic heterocycles. The van der Waals surface area contributed by atoms with E-state index in [2.05, 4.69) is 0 Å². The topological polar surface area (TPSA) is 0 Å². The van der Waals surface area contributed by atoms with E-state index in [-0.39, 0.29) is 5.92 Å². The Morgan fingerprint density at radius 1 is 0.800 bits per heavy atom. The molecule has 2 aliphatic carbocycles. The molecule has 2 fully saturated rings. The van der Waals surface area contributed by atoms with E-state index in [4.69, 9.17) is 0 Å². The SMILES string of the molecule is FC/C=C/CCC1CCC(C2CCC(c3cc(F)c(C(F)(F)F)c(F)c3)CC2)CC1. The van der Waals surface area contributed by atoms with Gasteiger partial charge in [0, 0.05) is 0 Å². The molecule has 6 heteroatoms. The summed E-state index contributed by atoms with van der Waals surface area (Å²) in [5.74, 6) is -1.13. The van der Waals surface area contributed by atoms with Gasteiger partial charge < -0.3 is 0 Å². The minimum Gasteiger partial charge on any atom is -0.247 e. The van der Waals surface area contributed by atoms with Crippen LogP contribution in [-0.2, 0) is 6.18 Å². The fraction of sp³-hybridized carbons (Fsp3) is 0.667. The summed E-state index contributed by atoms with van der Waals surface area (Å²) in [4.78, 5) is 0. The van der Waals surface area contributed by atoms with Crippen molar-refractivity contribution in [3.05, 3.63) is 47.0 Å². The second-order valence-electron chi connectivity index (χ2n) is 8.95. The Labute approximate surface area is 174 Å². The zero-order valence-corrected chi connectivity index (χ0v) is 17.2. The van der Waals surface area contributed by atoms with Crippen LogP contribution >= 0.6 is 0 Å². The first kappa shape index (κ1) is 23.2. The minimum atomic E-state index is -5.02. The van der Waals surface area contributed by atoms with Crippen molar-refractivity contribution in [2.24, 2.45) is 17.8 Å². The van der Waals surface area contributed by atoms with Crippen LogP contribution in [0.25, 0.3) is 0 Å². The number of hydrogen-bond acceptors (Lipinski definition) is 0. The zero-order chi connectivity index (χ0) is 21.7. The Hall–Kier alpha value is -1.46. The van der Waals surface area contributed by atoms with Crippen molar-refractivity contribution in [2.45, 2.75) is 76.3 Å². The van der Waals surface area contributed by atoms with E-state index in [1.54, 1.807) is 6.08 Å². The Balaban J connectivity index is 1.49. The number of hydrogen-bond donors (Lipinski definition) is 0. The molecule has 0 amide bonds. The average molecular weight is 432 g/mol. The van der Waals surface area contributed by atoms with Gasteiger partial charge in [-0.2, -0.15) is 13.2 Å². The van der Waals surface area contributed by atoms with Gasteiger partial charge in [-0.05, 0) is 92.7 Å². The Morgan fingerprint density at radius 2 is 1.33 bits per heavy atom. The summed E-state index contributed by atoms with van der Waals surface area (Å²) in [7, 11) is 0. The van der Waals surface area contributed by atoms with Crippen LogP contribution in [0.15, 0.2) is 24.3 Å². The summed E-state index contributed by atoms with van der Waals surface area (Å²) in [5.41, 5.74) is -1.45. The van der Waals surface area contributed by atoms with Crippen LogP contribution in [0.2, 0.25) is 0 Å². The van der Waals surface area contributed by atoms with Crippen LogP contribution in [0.4, 0.5) is 26.3 Å². The van der Waals surface area contributed by atoms with Gasteiger partial charge in [0.1, 0.15) is 23.9 Å². The molecule has 0 heterocycles. The predicted octanol–water partition coefficient (Wildman–Crippen LogP) is 8.37. The van der Waals surface area contributed by atoms with Crippen molar-refractivity contribution in [3.8, 4) is 0 Å². The molecule has 3 rings (SSSR count). The smallest absolute Gasteiger partial charge is 0.247 e. The first-order chi connectivity index (χ1) is 14.3. The van der Waals surface area contributed by atoms with Gasteiger partial charge in [-0.3, -0.25) is 0 Å². The monoisotopic (exact) mass is 432 g/mol. The molecule has 0 radical (unpaired) electrons. The van der Waals surface area contributed by atoms with E-state index in [0.29, 0.717) is 23.3 Å². The van der Waals surface area contributed by atoms with E-state index in [9.17, 15) is 26.3 Å². The van der Waals surface area contributed by atoms with Crippen molar-refractivity contribution in [1.82, 2.24) is 0 Å². The molecule has 0 aliphatic heterocycles. The van der Waals surface area contributed by atoms with E-state index in [0.717, 1.165) is 50.7 Å². The number of halogens is 6. The molecule has 168 valence electrons. The minimum absolute atomic E-state index is 0.0776. The van der Waals surface area contributed by atoms with Gasteiger partial charge in [0.25, 0.3) is 0 Å². The average Bonchev–Trinajstić information content (AvgIpc) is 2.70. The second kappa shape index (κ2) is 10.2. The molecular formula is C24H30F6. The van der Waals surface area contributed by atoms with Gasteiger partial charge in [0.2, 0.25) is 0 Å². The number of rotatable bonds is 6. The van der Waals surface area contributed by atoms with Crippen LogP contribution in [-0.4, -0.2) is 6.67 Å². The lowest BCUT2D eigenvalue weighted by Crippen LogP contribution is -2.25. The van der Waals surface area contributed by atoms with Crippen LogP contribution in [0.1, 0.15) is 81.3 Å². The lowest BCUT2D eigenvalue weighted by atomic mass is 9.68. The summed E-state index contributed by atoms with van der Waals surface area (Å²) in [6, 6.07) is 1.75. The largest absolute Gasteiger partial charge is 0.422 e. The lowest BCUT2D eigenvalue weighted by Gasteiger charge is -2.38. The third kappa shape index (κ3) is 5.82. The molecule has 0 saturated heterocycles. The maximum atomic E-state index is 13.9. The summed E-state index contributed by atoms with van der Waals surface area (Å²) in [5, 5.41) is 0. The van der Waals surface area contributed by atoms with Crippen LogP contribution < -0.4 is 0 Å². The third-order valence-electron chi connectivity index (χ3n) is 7.15. The summed E-state index contributed by atoms with van der Waals surface area (Å²) >= 11 is 0. The maximum absolute atomic E-state index is 13.9. The summed E-state index contributed by atoms with van der Waals surface area (Å²) in [6.45, 7) is -0.402. The predicted molar refractivity (Wildman–Crippen MR) is 106 cm³/mol. The molecule has 0 spiro atoms. The number of alkyl halides is 4. The van der Waals surface area contributed by atoms with Gasteiger partial charge in [-0.1, -0.05) is 25.0 Å². The second-order valence-corrected chi connectivity index (χ2v) is 8.95. The molecule has 30 heavy (non-hydrogen) atoms. The Bertz CT molecular complexity index is 684. The first-order valence-corrected chi connectivity index (χ1v) is 11.1. The van der Waals surface area contributed by atoms with E-state index in [1.807, 2.05) is 6.08 Å². The Kier molecular flexibility index (Phi) is 7.92. The van der Waals surface area contributed by atoms with Crippen LogP contribution in [0.3, 0.4) is 0 Å². The zero-order valence-electron chi connectivity index (χ0n) is 17.2. The van der Waals surface area contributed by atoms with Gasteiger partial charge in [-0.15, -0.1) is 0 Å². The van der Waals surface area contributed by atoms with E-state index in [1.165, 1.54) is 25.7 Å². The van der Waals surface area contributed by atoms with Crippen molar-refractivity contribution < 1.29 is 26.3 Å². The Morgan fingerprint density at radius 3 is 1.83 bits per heavy atom. The first-order valence-electron chi connectivity index (χ1n) is 11.1. The molecule has 2 saturated carbocycles. The van der Waals surface area contributed by atoms with E-state index < -0.39 is 30.0 Å². The quantitative estimate of drug-likeness (QED) is 0.313. The normalized spacial score (nSPS) is 28.2. The molecule has 0 nitrogen and oxygen atoms in total. The molecular weight excluding hydrogens is 402 g/mol. The third-order valence-corrected chi connectivity index (χ3v) is 7.15. The highest BCUT2D eigenvalue weighted by Crippen LogP contribution is 2.45. The molecule has 1 aromatic rings. The molecule has 0 bridgehead atoms. The lowest BCUT2D eigenvalue weighted by molar-refractivity contribution is -0.142. The van der Waals surface area contributed by atoms with Gasteiger partial charge in [0.05, 0.1) is 0 Å². The highest BCUT2D eigenvalue weighted by molar-refractivity contribution is 5.30. The maximum Gasteiger partial charge on any atom is 0.422 e. The van der Waals surface area contributed by atoms with Crippen molar-refractivity contribution in [2.75, 3.05) is 6.67 Å². The molecule has 0 N–H and O–H groups in total. The van der Waals surface area contributed by atoms with Crippen molar-refractivity contribution in [1.29, 1.82) is 0 Å². The molecule has 1 aromatic carbocycles. The molecule has 2 aliphatic rings. The van der Waals surface area contributed by atoms with Gasteiger partial charge in [0.15, 0.2) is 0 Å². The van der Waals surface area contributed by atoms with Crippen molar-refractivity contribution >= 4 is 0 Å². The van der Waals surface area contributed by atoms with E-state index >= 15 is 0 Å². The molecule has 0 atom stereocenters. The highest BCUT2D eigenvalue weighted by Gasteiger charge is 2.39.